The summed E-state index contributed by atoms with van der Waals surface area (Å²) < 4.78 is 14.4. The highest BCUT2D eigenvalue weighted by atomic mass is 79.9. The molecular formula is C16H26BrFN2. The third-order valence-corrected chi connectivity index (χ3v) is 5.14. The fraction of sp³-hybridized carbons (Fsp3) is 0.625. The van der Waals surface area contributed by atoms with Crippen molar-refractivity contribution in [1.82, 2.24) is 10.2 Å². The number of hydrogen-bond acceptors (Lipinski definition) is 2. The van der Waals surface area contributed by atoms with Crippen LogP contribution in [0.2, 0.25) is 0 Å². The molecule has 2 atom stereocenters. The van der Waals surface area contributed by atoms with Gasteiger partial charge in [0.25, 0.3) is 0 Å². The molecule has 2 nitrogen and oxygen atoms in total. The van der Waals surface area contributed by atoms with Gasteiger partial charge in [0.1, 0.15) is 5.82 Å². The molecule has 0 amide bonds. The van der Waals surface area contributed by atoms with Crippen molar-refractivity contribution in [3.63, 3.8) is 0 Å². The van der Waals surface area contributed by atoms with Crippen molar-refractivity contribution in [2.24, 2.45) is 0 Å². The van der Waals surface area contributed by atoms with Gasteiger partial charge in [-0.1, -0.05) is 29.8 Å². The molecular weight excluding hydrogens is 319 g/mol. The molecule has 114 valence electrons. The molecule has 0 radical (unpaired) electrons. The van der Waals surface area contributed by atoms with Gasteiger partial charge in [-0.3, -0.25) is 0 Å². The zero-order valence-electron chi connectivity index (χ0n) is 13.1. The number of nitrogens with zero attached hydrogens (tertiary/aromatic N) is 1. The minimum Gasteiger partial charge on any atom is -0.312 e. The second-order valence-corrected chi connectivity index (χ2v) is 6.51. The molecule has 4 heteroatoms. The maximum absolute atomic E-state index is 13.5. The molecule has 0 saturated carbocycles. The molecule has 2 unspecified atom stereocenters. The minimum atomic E-state index is -0.179. The van der Waals surface area contributed by atoms with Gasteiger partial charge < -0.3 is 10.2 Å². The molecule has 0 bridgehead atoms. The predicted molar refractivity (Wildman–Crippen MR) is 87.7 cm³/mol. The van der Waals surface area contributed by atoms with Gasteiger partial charge in [0.05, 0.1) is 0 Å². The van der Waals surface area contributed by atoms with Gasteiger partial charge in [0, 0.05) is 16.1 Å². The van der Waals surface area contributed by atoms with Crippen LogP contribution in [0.3, 0.4) is 0 Å². The Labute approximate surface area is 130 Å². The summed E-state index contributed by atoms with van der Waals surface area (Å²) in [6.45, 7) is 7.47. The summed E-state index contributed by atoms with van der Waals surface area (Å²) in [4.78, 5) is 2.26. The Bertz CT molecular complexity index is 436. The maximum Gasteiger partial charge on any atom is 0.123 e. The van der Waals surface area contributed by atoms with Crippen molar-refractivity contribution in [2.45, 2.75) is 45.2 Å². The largest absolute Gasteiger partial charge is 0.312 e. The van der Waals surface area contributed by atoms with Gasteiger partial charge in [-0.25, -0.2) is 4.39 Å². The van der Waals surface area contributed by atoms with Crippen molar-refractivity contribution in [3.05, 3.63) is 34.1 Å². The molecule has 1 rings (SSSR count). The van der Waals surface area contributed by atoms with Crippen molar-refractivity contribution in [3.8, 4) is 0 Å². The van der Waals surface area contributed by atoms with Crippen LogP contribution >= 0.6 is 15.9 Å². The molecule has 0 spiro atoms. The van der Waals surface area contributed by atoms with E-state index in [9.17, 15) is 4.39 Å². The second-order valence-electron chi connectivity index (χ2n) is 5.66. The number of nitrogens with one attached hydrogen (secondary N) is 1. The topological polar surface area (TPSA) is 15.3 Å². The van der Waals surface area contributed by atoms with E-state index in [-0.39, 0.29) is 17.4 Å². The van der Waals surface area contributed by atoms with E-state index >= 15 is 0 Å². The molecule has 0 aliphatic heterocycles. The van der Waals surface area contributed by atoms with E-state index in [1.807, 2.05) is 0 Å². The summed E-state index contributed by atoms with van der Waals surface area (Å²) in [6, 6.07) is 5.17. The summed E-state index contributed by atoms with van der Waals surface area (Å²) in [7, 11) is 4.21. The third kappa shape index (κ3) is 4.03. The summed E-state index contributed by atoms with van der Waals surface area (Å²) in [5.74, 6) is -0.179. The molecule has 0 aliphatic carbocycles. The van der Waals surface area contributed by atoms with Crippen LogP contribution in [0.25, 0.3) is 0 Å². The summed E-state index contributed by atoms with van der Waals surface area (Å²) in [6.07, 6.45) is 1.83. The lowest BCUT2D eigenvalue weighted by Gasteiger charge is -2.43. The zero-order valence-corrected chi connectivity index (χ0v) is 14.7. The normalized spacial score (nSPS) is 16.2. The van der Waals surface area contributed by atoms with Crippen LogP contribution in [0.1, 0.15) is 32.8 Å². The van der Waals surface area contributed by atoms with Crippen molar-refractivity contribution < 1.29 is 4.39 Å². The third-order valence-electron chi connectivity index (χ3n) is 4.37. The van der Waals surface area contributed by atoms with Gasteiger partial charge in [-0.2, -0.15) is 0 Å². The standard InChI is InChI=1S/C16H26BrFN2/c1-6-16(3,20(4)5)15(19-7-2)11-12-10-13(18)8-9-14(12)17/h8-10,15,19H,6-7,11H2,1-5H3. The molecule has 1 N–H and O–H groups in total. The molecule has 0 fully saturated rings. The van der Waals surface area contributed by atoms with Crippen LogP contribution < -0.4 is 5.32 Å². The Morgan fingerprint density at radius 1 is 1.35 bits per heavy atom. The monoisotopic (exact) mass is 344 g/mol. The smallest absolute Gasteiger partial charge is 0.123 e. The Kier molecular flexibility index (Phi) is 6.62. The number of hydrogen-bond donors (Lipinski definition) is 1. The fourth-order valence-corrected chi connectivity index (χ4v) is 2.96. The Morgan fingerprint density at radius 2 is 2.00 bits per heavy atom. The van der Waals surface area contributed by atoms with Gasteiger partial charge in [-0.15, -0.1) is 0 Å². The zero-order chi connectivity index (χ0) is 15.3. The molecule has 0 aromatic heterocycles. The number of benzene rings is 1. The number of halogens is 2. The highest BCUT2D eigenvalue weighted by Gasteiger charge is 2.34. The van der Waals surface area contributed by atoms with Crippen LogP contribution in [-0.4, -0.2) is 37.1 Å². The highest BCUT2D eigenvalue weighted by Crippen LogP contribution is 2.27. The first kappa shape index (κ1) is 17.6. The van der Waals surface area contributed by atoms with Crippen LogP contribution in [0.4, 0.5) is 4.39 Å². The first-order chi connectivity index (χ1) is 9.35. The summed E-state index contributed by atoms with van der Waals surface area (Å²) in [5.41, 5.74) is 1.04. The average Bonchev–Trinajstić information content (AvgIpc) is 2.41. The lowest BCUT2D eigenvalue weighted by atomic mass is 9.84. The average molecular weight is 345 g/mol. The highest BCUT2D eigenvalue weighted by molar-refractivity contribution is 9.10. The first-order valence-corrected chi connectivity index (χ1v) is 7.99. The van der Waals surface area contributed by atoms with E-state index in [0.717, 1.165) is 29.4 Å². The minimum absolute atomic E-state index is 0.0295. The SMILES string of the molecule is CCNC(Cc1cc(F)ccc1Br)C(C)(CC)N(C)C. The first-order valence-electron chi connectivity index (χ1n) is 7.19. The van der Waals surface area contributed by atoms with E-state index in [4.69, 9.17) is 0 Å². The molecule has 1 aromatic rings. The number of likely N-dealkylation sites (N-methyl/N-ethyl adjacent to an activating group) is 2. The quantitative estimate of drug-likeness (QED) is 0.808. The molecule has 20 heavy (non-hydrogen) atoms. The predicted octanol–water partition coefficient (Wildman–Crippen LogP) is 3.84. The van der Waals surface area contributed by atoms with Gasteiger partial charge in [0.2, 0.25) is 0 Å². The summed E-state index contributed by atoms with van der Waals surface area (Å²) in [5, 5.41) is 3.57. The number of rotatable bonds is 7. The lowest BCUT2D eigenvalue weighted by Crippen LogP contribution is -2.57. The van der Waals surface area contributed by atoms with Crippen LogP contribution in [0.5, 0.6) is 0 Å². The van der Waals surface area contributed by atoms with Gasteiger partial charge in [0.15, 0.2) is 0 Å². The van der Waals surface area contributed by atoms with Crippen molar-refractivity contribution >= 4 is 15.9 Å². The lowest BCUT2D eigenvalue weighted by molar-refractivity contribution is 0.113. The van der Waals surface area contributed by atoms with E-state index < -0.39 is 0 Å². The van der Waals surface area contributed by atoms with E-state index in [0.29, 0.717) is 0 Å². The van der Waals surface area contributed by atoms with Crippen LogP contribution in [0.15, 0.2) is 22.7 Å². The van der Waals surface area contributed by atoms with Crippen LogP contribution in [-0.2, 0) is 6.42 Å². The molecule has 0 heterocycles. The summed E-state index contributed by atoms with van der Waals surface area (Å²) >= 11 is 3.53. The molecule has 0 aliphatic rings. The van der Waals surface area contributed by atoms with Gasteiger partial charge in [-0.05, 0) is 64.2 Å². The Morgan fingerprint density at radius 3 is 2.50 bits per heavy atom. The maximum atomic E-state index is 13.5. The molecule has 0 saturated heterocycles. The van der Waals surface area contributed by atoms with Crippen molar-refractivity contribution in [2.75, 3.05) is 20.6 Å². The van der Waals surface area contributed by atoms with Gasteiger partial charge >= 0.3 is 0 Å². The van der Waals surface area contributed by atoms with E-state index in [1.165, 1.54) is 6.07 Å². The Balaban J connectivity index is 3.05. The van der Waals surface area contributed by atoms with E-state index in [2.05, 4.69) is 61.0 Å². The van der Waals surface area contributed by atoms with E-state index in [1.54, 1.807) is 12.1 Å². The van der Waals surface area contributed by atoms with Crippen molar-refractivity contribution in [1.29, 1.82) is 0 Å². The second kappa shape index (κ2) is 7.53. The fourth-order valence-electron chi connectivity index (χ4n) is 2.55. The molecule has 1 aromatic carbocycles. The Hall–Kier alpha value is -0.450. The van der Waals surface area contributed by atoms with Crippen LogP contribution in [0, 0.1) is 5.82 Å².